The lowest BCUT2D eigenvalue weighted by molar-refractivity contribution is -0.115. The molecule has 1 saturated heterocycles. The molecule has 26 heavy (non-hydrogen) atoms. The monoisotopic (exact) mass is 353 g/mol. The summed E-state index contributed by atoms with van der Waals surface area (Å²) in [5.41, 5.74) is 2.22. The van der Waals surface area contributed by atoms with E-state index in [0.29, 0.717) is 42.2 Å². The molecule has 0 aromatic heterocycles. The van der Waals surface area contributed by atoms with E-state index in [1.54, 1.807) is 55.5 Å². The Labute approximate surface area is 150 Å². The Balaban J connectivity index is 1.73. The van der Waals surface area contributed by atoms with E-state index in [4.69, 9.17) is 4.74 Å². The first-order valence-electron chi connectivity index (χ1n) is 8.32. The molecular weight excluding hydrogens is 334 g/mol. The van der Waals surface area contributed by atoms with Gasteiger partial charge in [-0.05, 0) is 36.4 Å². The van der Waals surface area contributed by atoms with E-state index >= 15 is 0 Å². The number of ether oxygens (including phenoxy) is 1. The maximum absolute atomic E-state index is 12.5. The van der Waals surface area contributed by atoms with Crippen LogP contribution < -0.4 is 15.5 Å². The molecule has 2 aromatic rings. The first-order chi connectivity index (χ1) is 12.6. The molecule has 1 aliphatic heterocycles. The molecule has 1 fully saturated rings. The molecule has 3 amide bonds. The minimum absolute atomic E-state index is 0.118. The molecule has 0 spiro atoms. The van der Waals surface area contributed by atoms with Crippen LogP contribution in [0, 0.1) is 0 Å². The van der Waals surface area contributed by atoms with E-state index in [1.807, 2.05) is 0 Å². The van der Waals surface area contributed by atoms with Crippen LogP contribution in [-0.4, -0.2) is 31.1 Å². The van der Waals surface area contributed by atoms with Gasteiger partial charge in [-0.1, -0.05) is 19.1 Å². The second kappa shape index (κ2) is 7.69. The molecule has 0 radical (unpaired) electrons. The van der Waals surface area contributed by atoms with Gasteiger partial charge in [0.1, 0.15) is 6.61 Å². The zero-order valence-electron chi connectivity index (χ0n) is 14.3. The smallest absolute Gasteiger partial charge is 0.414 e. The van der Waals surface area contributed by atoms with Crippen molar-refractivity contribution in [3.63, 3.8) is 0 Å². The highest BCUT2D eigenvalue weighted by Gasteiger charge is 2.23. The van der Waals surface area contributed by atoms with Gasteiger partial charge in [0.05, 0.1) is 6.54 Å². The van der Waals surface area contributed by atoms with Gasteiger partial charge >= 0.3 is 6.09 Å². The van der Waals surface area contributed by atoms with Gasteiger partial charge in [-0.2, -0.15) is 0 Å². The van der Waals surface area contributed by atoms with E-state index in [9.17, 15) is 14.4 Å². The minimum Gasteiger partial charge on any atom is -0.447 e. The van der Waals surface area contributed by atoms with Crippen molar-refractivity contribution in [1.29, 1.82) is 0 Å². The maximum Gasteiger partial charge on any atom is 0.414 e. The Hall–Kier alpha value is -3.35. The molecule has 2 aromatic carbocycles. The standard InChI is InChI=1S/C19H19N3O4/c1-2-17(23)20-14-6-3-5-13(11-14)18(24)21-15-7-4-8-16(12-15)22-9-10-26-19(22)25/h3-8,11-12H,2,9-10H2,1H3,(H,20,23)(H,21,24). The van der Waals surface area contributed by atoms with Gasteiger partial charge in [0.25, 0.3) is 5.91 Å². The Morgan fingerprint density at radius 1 is 1.08 bits per heavy atom. The van der Waals surface area contributed by atoms with Crippen molar-refractivity contribution in [3.05, 3.63) is 54.1 Å². The summed E-state index contributed by atoms with van der Waals surface area (Å²) in [6.07, 6.45) is -0.0323. The predicted molar refractivity (Wildman–Crippen MR) is 98.5 cm³/mol. The molecule has 134 valence electrons. The first kappa shape index (κ1) is 17.5. The predicted octanol–water partition coefficient (Wildman–Crippen LogP) is 3.24. The molecule has 1 heterocycles. The number of hydrogen-bond acceptors (Lipinski definition) is 4. The number of nitrogens with one attached hydrogen (secondary N) is 2. The molecule has 0 unspecified atom stereocenters. The summed E-state index contributed by atoms with van der Waals surface area (Å²) >= 11 is 0. The topological polar surface area (TPSA) is 87.7 Å². The van der Waals surface area contributed by atoms with Gasteiger partial charge in [0.2, 0.25) is 5.91 Å². The Morgan fingerprint density at radius 3 is 2.50 bits per heavy atom. The van der Waals surface area contributed by atoms with Gasteiger partial charge in [0, 0.05) is 29.0 Å². The van der Waals surface area contributed by atoms with E-state index < -0.39 is 6.09 Å². The van der Waals surface area contributed by atoms with Crippen molar-refractivity contribution in [1.82, 2.24) is 0 Å². The highest BCUT2D eigenvalue weighted by Crippen LogP contribution is 2.23. The summed E-state index contributed by atoms with van der Waals surface area (Å²) in [5, 5.41) is 5.53. The van der Waals surface area contributed by atoms with E-state index in [0.717, 1.165) is 0 Å². The fraction of sp³-hybridized carbons (Fsp3) is 0.211. The average molecular weight is 353 g/mol. The first-order valence-corrected chi connectivity index (χ1v) is 8.32. The Bertz CT molecular complexity index is 850. The number of hydrogen-bond donors (Lipinski definition) is 2. The van der Waals surface area contributed by atoms with Crippen molar-refractivity contribution < 1.29 is 19.1 Å². The van der Waals surface area contributed by atoms with Gasteiger partial charge < -0.3 is 15.4 Å². The Morgan fingerprint density at radius 2 is 1.81 bits per heavy atom. The highest BCUT2D eigenvalue weighted by atomic mass is 16.6. The van der Waals surface area contributed by atoms with Crippen LogP contribution in [0.4, 0.5) is 21.9 Å². The zero-order chi connectivity index (χ0) is 18.5. The van der Waals surface area contributed by atoms with Crippen molar-refractivity contribution in [2.24, 2.45) is 0 Å². The fourth-order valence-corrected chi connectivity index (χ4v) is 2.57. The minimum atomic E-state index is -0.396. The number of anilines is 3. The molecule has 0 saturated carbocycles. The number of carbonyl (C=O) groups excluding carboxylic acids is 3. The van der Waals surface area contributed by atoms with Crippen LogP contribution in [0.1, 0.15) is 23.7 Å². The van der Waals surface area contributed by atoms with Crippen LogP contribution in [0.25, 0.3) is 0 Å². The largest absolute Gasteiger partial charge is 0.447 e. The normalized spacial score (nSPS) is 13.3. The van der Waals surface area contributed by atoms with Crippen LogP contribution >= 0.6 is 0 Å². The van der Waals surface area contributed by atoms with Gasteiger partial charge in [0.15, 0.2) is 0 Å². The summed E-state index contributed by atoms with van der Waals surface area (Å²) in [4.78, 5) is 37.2. The summed E-state index contributed by atoms with van der Waals surface area (Å²) in [7, 11) is 0. The van der Waals surface area contributed by atoms with Crippen LogP contribution in [0.2, 0.25) is 0 Å². The van der Waals surface area contributed by atoms with E-state index in [-0.39, 0.29) is 11.8 Å². The number of benzene rings is 2. The number of cyclic esters (lactones) is 1. The summed E-state index contributed by atoms with van der Waals surface area (Å²) in [6.45, 7) is 2.59. The van der Waals surface area contributed by atoms with Crippen molar-refractivity contribution in [2.75, 3.05) is 28.7 Å². The second-order valence-corrected chi connectivity index (χ2v) is 5.75. The molecule has 7 heteroatoms. The highest BCUT2D eigenvalue weighted by molar-refractivity contribution is 6.05. The van der Waals surface area contributed by atoms with Crippen LogP contribution in [0.5, 0.6) is 0 Å². The molecule has 1 aliphatic rings. The van der Waals surface area contributed by atoms with Gasteiger partial charge in [-0.15, -0.1) is 0 Å². The van der Waals surface area contributed by atoms with Crippen molar-refractivity contribution in [2.45, 2.75) is 13.3 Å². The SMILES string of the molecule is CCC(=O)Nc1cccc(C(=O)Nc2cccc(N3CCOC3=O)c2)c1. The maximum atomic E-state index is 12.5. The second-order valence-electron chi connectivity index (χ2n) is 5.75. The van der Waals surface area contributed by atoms with Crippen LogP contribution in [0.3, 0.4) is 0 Å². The molecule has 2 N–H and O–H groups in total. The van der Waals surface area contributed by atoms with Gasteiger partial charge in [-0.3, -0.25) is 14.5 Å². The third kappa shape index (κ3) is 4.00. The van der Waals surface area contributed by atoms with Crippen molar-refractivity contribution in [3.8, 4) is 0 Å². The number of amides is 3. The third-order valence-electron chi connectivity index (χ3n) is 3.91. The third-order valence-corrected chi connectivity index (χ3v) is 3.91. The summed E-state index contributed by atoms with van der Waals surface area (Å²) in [5.74, 6) is -0.425. The molecule has 7 nitrogen and oxygen atoms in total. The lowest BCUT2D eigenvalue weighted by Crippen LogP contribution is -2.23. The number of carbonyl (C=O) groups is 3. The molecule has 0 aliphatic carbocycles. The van der Waals surface area contributed by atoms with E-state index in [2.05, 4.69) is 10.6 Å². The number of nitrogens with zero attached hydrogens (tertiary/aromatic N) is 1. The molecule has 0 atom stereocenters. The lowest BCUT2D eigenvalue weighted by atomic mass is 10.1. The summed E-state index contributed by atoms with van der Waals surface area (Å²) < 4.78 is 4.93. The van der Waals surface area contributed by atoms with Crippen molar-refractivity contribution >= 4 is 35.0 Å². The van der Waals surface area contributed by atoms with Crippen LogP contribution in [-0.2, 0) is 9.53 Å². The quantitative estimate of drug-likeness (QED) is 0.864. The van der Waals surface area contributed by atoms with Gasteiger partial charge in [-0.25, -0.2) is 4.79 Å². The lowest BCUT2D eigenvalue weighted by Gasteiger charge is -2.14. The molecule has 3 rings (SSSR count). The molecule has 0 bridgehead atoms. The fourth-order valence-electron chi connectivity index (χ4n) is 2.57. The average Bonchev–Trinajstić information content (AvgIpc) is 3.08. The zero-order valence-corrected chi connectivity index (χ0v) is 14.3. The summed E-state index contributed by atoms with van der Waals surface area (Å²) in [6, 6.07) is 13.7. The Kier molecular flexibility index (Phi) is 5.17. The van der Waals surface area contributed by atoms with E-state index in [1.165, 1.54) is 4.90 Å². The molecular formula is C19H19N3O4. The van der Waals surface area contributed by atoms with Crippen LogP contribution in [0.15, 0.2) is 48.5 Å². The number of rotatable bonds is 5.